The van der Waals surface area contributed by atoms with Gasteiger partial charge in [0.05, 0.1) is 53.7 Å². The zero-order valence-corrected chi connectivity index (χ0v) is 35.6. The Labute approximate surface area is 439 Å². The summed E-state index contributed by atoms with van der Waals surface area (Å²) in [5, 5.41) is -0.291. The Morgan fingerprint density at radius 1 is 0.377 bits per heavy atom. The summed E-state index contributed by atoms with van der Waals surface area (Å²) in [7, 11) is 0. The minimum absolute atomic E-state index is 0.00965. The number of benzene rings is 11. The lowest BCUT2D eigenvalue weighted by Gasteiger charge is -2.26. The molecule has 69 heavy (non-hydrogen) atoms. The molecule has 0 atom stereocenters. The Bertz CT molecular complexity index is 5660. The van der Waals surface area contributed by atoms with Gasteiger partial charge in [0.15, 0.2) is 5.58 Å². The molecule has 13 aromatic rings. The van der Waals surface area contributed by atoms with Gasteiger partial charge in [0.2, 0.25) is 0 Å². The Kier molecular flexibility index (Phi) is 5.20. The quantitative estimate of drug-likeness (QED) is 0.144. The van der Waals surface area contributed by atoms with Crippen LogP contribution in [0.15, 0.2) is 271 Å². The van der Waals surface area contributed by atoms with Gasteiger partial charge >= 0.3 is 0 Å². The second-order valence-electron chi connectivity index (χ2n) is 15.6. The molecule has 0 saturated heterocycles. The number of nitrogens with zero attached hydrogens (tertiary/aromatic N) is 2. The fourth-order valence-electron chi connectivity index (χ4n) is 8.63. The van der Waals surface area contributed by atoms with E-state index in [9.17, 15) is 13.7 Å². The van der Waals surface area contributed by atoms with Crippen molar-refractivity contribution in [3.8, 4) is 61.3 Å². The molecule has 324 valence electrons. The zero-order valence-electron chi connectivity index (χ0n) is 62.6. The summed E-state index contributed by atoms with van der Waals surface area (Å²) in [6.45, 7) is 0. The van der Waals surface area contributed by atoms with Gasteiger partial charge in [0, 0.05) is 44.2 Å². The van der Waals surface area contributed by atoms with Crippen molar-refractivity contribution in [3.05, 3.63) is 266 Å². The van der Waals surface area contributed by atoms with Crippen molar-refractivity contribution in [3.63, 3.8) is 0 Å². The van der Waals surface area contributed by atoms with Crippen molar-refractivity contribution in [1.82, 2.24) is 4.57 Å². The lowest BCUT2D eigenvalue weighted by atomic mass is 9.93. The minimum atomic E-state index is -0.766. The number of rotatable bonds is 9. The van der Waals surface area contributed by atoms with Crippen LogP contribution in [0.4, 0.5) is 17.1 Å². The molecule has 0 aliphatic carbocycles. The summed E-state index contributed by atoms with van der Waals surface area (Å²) in [5.74, 6) is 0. The van der Waals surface area contributed by atoms with Crippen LogP contribution in [0, 0.1) is 0 Å². The van der Waals surface area contributed by atoms with E-state index in [1.165, 1.54) is 94.4 Å². The number of aromatic nitrogens is 1. The Morgan fingerprint density at radius 2 is 1.06 bits per heavy atom. The second-order valence-corrected chi connectivity index (χ2v) is 15.6. The van der Waals surface area contributed by atoms with Crippen molar-refractivity contribution in [1.29, 1.82) is 0 Å². The number of anilines is 3. The number of furan rings is 1. The molecule has 0 aliphatic rings. The molecule has 3 heteroatoms. The predicted octanol–water partition coefficient (Wildman–Crippen LogP) is 18.5. The maximum absolute atomic E-state index is 10.6. The van der Waals surface area contributed by atoms with Gasteiger partial charge in [-0.3, -0.25) is 0 Å². The molecule has 0 amide bonds. The maximum atomic E-state index is 10.6. The molecule has 0 fully saturated rings. The van der Waals surface area contributed by atoms with Gasteiger partial charge in [-0.2, -0.15) is 0 Å². The summed E-state index contributed by atoms with van der Waals surface area (Å²) in [6, 6.07) is 7.31. The third-order valence-corrected chi connectivity index (χ3v) is 11.7. The van der Waals surface area contributed by atoms with E-state index in [0.29, 0.717) is 0 Å². The van der Waals surface area contributed by atoms with Crippen LogP contribution in [0.1, 0.15) is 37.0 Å². The number of fused-ring (bicyclic) bond motifs is 6. The molecule has 2 aromatic heterocycles. The first-order valence-electron chi connectivity index (χ1n) is 34.8. The van der Waals surface area contributed by atoms with E-state index in [4.69, 9.17) is 27.7 Å². The van der Waals surface area contributed by atoms with E-state index in [2.05, 4.69) is 0 Å². The topological polar surface area (TPSA) is 21.3 Å². The molecule has 0 radical (unpaired) electrons. The van der Waals surface area contributed by atoms with Gasteiger partial charge in [0.25, 0.3) is 0 Å². The SMILES string of the molecule is [2H]c1ccc(-c2ccc(N(c3cc4c(cc3[2H])c3cc(-c5cc([2H])c([2H])c([2H])c5[2H])c([2H])c(-c5ccc([2H])c([2H])c5[2H])c3n4-c3cc([2H])c(-c4ccc([2H])c([2H])c4[2H])c(-c4cc([2H])c([2H])c([2H])c4[2H])c3[2H])c3ccc([2H])c4c3oc3c([2H])c([2H])c([2H])c([2H])c34)c([2H])c2[2H])cc1[2H]. The Hall–Kier alpha value is -9.18. The second kappa shape index (κ2) is 16.9. The third-order valence-electron chi connectivity index (χ3n) is 11.7. The van der Waals surface area contributed by atoms with Crippen LogP contribution in [-0.2, 0) is 0 Å². The van der Waals surface area contributed by atoms with E-state index in [1.54, 1.807) is 0 Å². The number of para-hydroxylation sites is 2. The van der Waals surface area contributed by atoms with Crippen LogP contribution in [0.3, 0.4) is 0 Å². The highest BCUT2D eigenvalue weighted by Crippen LogP contribution is 2.47. The van der Waals surface area contributed by atoms with Gasteiger partial charge in [-0.25, -0.2) is 0 Å². The van der Waals surface area contributed by atoms with Gasteiger partial charge in [-0.05, 0) is 111 Å². The largest absolute Gasteiger partial charge is 0.454 e. The molecule has 2 heterocycles. The van der Waals surface area contributed by atoms with Gasteiger partial charge in [-0.15, -0.1) is 0 Å². The maximum Gasteiger partial charge on any atom is 0.159 e. The first-order chi connectivity index (χ1) is 45.4. The van der Waals surface area contributed by atoms with E-state index in [-0.39, 0.29) is 141 Å². The lowest BCUT2D eigenvalue weighted by Crippen LogP contribution is -2.10. The highest BCUT2D eigenvalue weighted by molar-refractivity contribution is 6.17. The monoisotopic (exact) mass is 908 g/mol. The average molecular weight is 908 g/mol. The zero-order chi connectivity index (χ0) is 69.2. The molecule has 0 bridgehead atoms. The number of hydrogen-bond acceptors (Lipinski definition) is 2. The first kappa shape index (κ1) is 21.2. The molecule has 3 nitrogen and oxygen atoms in total. The standard InChI is InChI=1S/C66H44N2O/c1-6-19-45(20-7-1)47-33-35-52(36-34-47)67(62-31-18-30-58-57-29-16-17-32-64(57)69-66(58)62)54-38-40-56-61-42-51(46-21-8-2-9-22-46)41-60(50-27-14-5-15-28-50)65(61)68(63(56)44-54)53-37-39-55(48-23-10-3-11-24-48)59(43-53)49-25-12-4-13-26-49/h1-44H/i1D,2D,3D,4D,5D,6D,8D,9D,10D,12D,13D,14D,16D,17D,21D,23D,25D,27D,29D,30D,32D,33D,35D,38D,39D,41D,43D. The van der Waals surface area contributed by atoms with Gasteiger partial charge in [0.1, 0.15) is 5.58 Å². The molecular formula is C66H44N2O. The van der Waals surface area contributed by atoms with Crippen LogP contribution in [0.25, 0.3) is 105 Å². The highest BCUT2D eigenvalue weighted by Gasteiger charge is 2.24. The van der Waals surface area contributed by atoms with Crippen LogP contribution in [0.5, 0.6) is 0 Å². The molecule has 0 saturated carbocycles. The van der Waals surface area contributed by atoms with Crippen LogP contribution in [0.2, 0.25) is 0 Å². The summed E-state index contributed by atoms with van der Waals surface area (Å²) >= 11 is 0. The molecule has 0 spiro atoms. The summed E-state index contributed by atoms with van der Waals surface area (Å²) in [6.07, 6.45) is 0. The van der Waals surface area contributed by atoms with E-state index in [1.807, 2.05) is 0 Å². The molecule has 0 N–H and O–H groups in total. The molecular weight excluding hydrogens is 837 g/mol. The number of hydrogen-bond donors (Lipinski definition) is 0. The minimum Gasteiger partial charge on any atom is -0.454 e. The first-order valence-corrected chi connectivity index (χ1v) is 21.3. The summed E-state index contributed by atoms with van der Waals surface area (Å²) in [5.41, 5.74) is -3.56. The Balaban J connectivity index is 1.26. The normalized spacial score (nSPS) is 17.0. The smallest absolute Gasteiger partial charge is 0.159 e. The van der Waals surface area contributed by atoms with Crippen LogP contribution in [-0.4, -0.2) is 4.57 Å². The van der Waals surface area contributed by atoms with Crippen LogP contribution >= 0.6 is 0 Å². The fourth-order valence-corrected chi connectivity index (χ4v) is 8.63. The van der Waals surface area contributed by atoms with E-state index < -0.39 is 145 Å². The average Bonchev–Trinajstić information content (AvgIpc) is 1.59. The van der Waals surface area contributed by atoms with Gasteiger partial charge in [-0.1, -0.05) is 206 Å². The van der Waals surface area contributed by atoms with Crippen molar-refractivity contribution in [2.24, 2.45) is 0 Å². The van der Waals surface area contributed by atoms with Crippen molar-refractivity contribution >= 4 is 60.8 Å². The lowest BCUT2D eigenvalue weighted by molar-refractivity contribution is 0.669. The summed E-state index contributed by atoms with van der Waals surface area (Å²) < 4.78 is 253. The van der Waals surface area contributed by atoms with Gasteiger partial charge < -0.3 is 13.9 Å². The Morgan fingerprint density at radius 3 is 1.90 bits per heavy atom. The third kappa shape index (κ3) is 7.08. The van der Waals surface area contributed by atoms with Crippen molar-refractivity contribution in [2.45, 2.75) is 0 Å². The van der Waals surface area contributed by atoms with E-state index in [0.717, 1.165) is 18.2 Å². The molecule has 13 rings (SSSR count). The predicted molar refractivity (Wildman–Crippen MR) is 290 cm³/mol. The van der Waals surface area contributed by atoms with Crippen LogP contribution < -0.4 is 4.90 Å². The van der Waals surface area contributed by atoms with E-state index >= 15 is 0 Å². The molecule has 0 aliphatic heterocycles. The summed E-state index contributed by atoms with van der Waals surface area (Å²) in [4.78, 5) is 1.29. The van der Waals surface area contributed by atoms with Crippen molar-refractivity contribution < 1.29 is 41.4 Å². The molecule has 11 aromatic carbocycles. The van der Waals surface area contributed by atoms with Crippen molar-refractivity contribution in [2.75, 3.05) is 4.90 Å². The highest BCUT2D eigenvalue weighted by atomic mass is 16.3. The molecule has 0 unspecified atom stereocenters. The fraction of sp³-hybridized carbons (Fsp3) is 0.